The first-order chi connectivity index (χ1) is 7.42. The Kier molecular flexibility index (Phi) is 4.92. The number of hydrogen-bond acceptors (Lipinski definition) is 4. The molecule has 0 aliphatic carbocycles. The maximum absolute atomic E-state index is 11.5. The van der Waals surface area contributed by atoms with Crippen LogP contribution in [0.5, 0.6) is 0 Å². The molecule has 1 heterocycles. The Bertz CT molecular complexity index is 337. The van der Waals surface area contributed by atoms with Crippen LogP contribution in [0, 0.1) is 5.92 Å². The highest BCUT2D eigenvalue weighted by atomic mass is 32.2. The van der Waals surface area contributed by atoms with E-state index in [0.29, 0.717) is 18.6 Å². The quantitative estimate of drug-likeness (QED) is 0.718. The van der Waals surface area contributed by atoms with E-state index in [1.165, 1.54) is 6.26 Å². The van der Waals surface area contributed by atoms with E-state index >= 15 is 0 Å². The van der Waals surface area contributed by atoms with Gasteiger partial charge in [0.25, 0.3) is 0 Å². The Labute approximate surface area is 97.9 Å². The summed E-state index contributed by atoms with van der Waals surface area (Å²) in [6.07, 6.45) is 3.45. The predicted molar refractivity (Wildman–Crippen MR) is 64.2 cm³/mol. The van der Waals surface area contributed by atoms with Gasteiger partial charge in [0.1, 0.15) is 15.6 Å². The van der Waals surface area contributed by atoms with Crippen molar-refractivity contribution in [3.05, 3.63) is 0 Å². The number of hydrogen-bond donors (Lipinski definition) is 0. The van der Waals surface area contributed by atoms with E-state index in [1.807, 2.05) is 6.92 Å². The van der Waals surface area contributed by atoms with Crippen molar-refractivity contribution in [2.45, 2.75) is 26.2 Å². The van der Waals surface area contributed by atoms with Gasteiger partial charge in [0.05, 0.1) is 5.75 Å². The molecule has 0 amide bonds. The largest absolute Gasteiger partial charge is 0.302 e. The summed E-state index contributed by atoms with van der Waals surface area (Å²) >= 11 is 0. The lowest BCUT2D eigenvalue weighted by molar-refractivity contribution is -0.126. The summed E-state index contributed by atoms with van der Waals surface area (Å²) in [4.78, 5) is 13.7. The zero-order valence-corrected chi connectivity index (χ0v) is 10.9. The molecule has 1 rings (SSSR count). The molecule has 1 aliphatic heterocycles. The number of Topliss-reactive ketones (excluding diaryl/α,β-unsaturated/α-hetero) is 1. The van der Waals surface area contributed by atoms with Crippen LogP contribution in [0.25, 0.3) is 0 Å². The minimum atomic E-state index is -2.85. The molecular formula is C11H21NO3S. The zero-order chi connectivity index (χ0) is 12.2. The van der Waals surface area contributed by atoms with Gasteiger partial charge in [0.15, 0.2) is 0 Å². The van der Waals surface area contributed by atoms with Crippen LogP contribution in [0.15, 0.2) is 0 Å². The minimum absolute atomic E-state index is 0.159. The maximum Gasteiger partial charge on any atom is 0.147 e. The number of ketones is 1. The van der Waals surface area contributed by atoms with Crippen molar-refractivity contribution in [1.29, 1.82) is 0 Å². The zero-order valence-electron chi connectivity index (χ0n) is 10.1. The van der Waals surface area contributed by atoms with Gasteiger partial charge in [-0.2, -0.15) is 0 Å². The van der Waals surface area contributed by atoms with Crippen LogP contribution in [0.3, 0.4) is 0 Å². The number of carbonyl (C=O) groups is 1. The van der Waals surface area contributed by atoms with Crippen molar-refractivity contribution in [3.8, 4) is 0 Å². The normalized spacial score (nSPS) is 23.6. The Hall–Kier alpha value is -0.420. The number of rotatable bonds is 5. The summed E-state index contributed by atoms with van der Waals surface area (Å²) in [5, 5.41) is 0. The van der Waals surface area contributed by atoms with Gasteiger partial charge in [0.2, 0.25) is 0 Å². The fourth-order valence-corrected chi connectivity index (χ4v) is 2.74. The maximum atomic E-state index is 11.5. The van der Waals surface area contributed by atoms with E-state index in [9.17, 15) is 13.2 Å². The van der Waals surface area contributed by atoms with Crippen molar-refractivity contribution < 1.29 is 13.2 Å². The van der Waals surface area contributed by atoms with Crippen molar-refractivity contribution >= 4 is 15.6 Å². The fraction of sp³-hybridized carbons (Fsp3) is 0.909. The second-order valence-corrected chi connectivity index (χ2v) is 6.87. The average molecular weight is 247 g/mol. The third-order valence-corrected chi connectivity index (χ3v) is 4.12. The number of sulfone groups is 1. The molecule has 0 saturated carbocycles. The second kappa shape index (κ2) is 5.77. The predicted octanol–water partition coefficient (Wildman–Crippen LogP) is 0.722. The van der Waals surface area contributed by atoms with E-state index < -0.39 is 9.84 Å². The highest BCUT2D eigenvalue weighted by Crippen LogP contribution is 2.16. The molecule has 16 heavy (non-hydrogen) atoms. The highest BCUT2D eigenvalue weighted by Gasteiger charge is 2.25. The molecule has 0 bridgehead atoms. The van der Waals surface area contributed by atoms with Gasteiger partial charge in [-0.15, -0.1) is 0 Å². The summed E-state index contributed by atoms with van der Waals surface area (Å²) in [6.45, 7) is 4.41. The molecule has 0 aromatic carbocycles. The summed E-state index contributed by atoms with van der Waals surface area (Å²) in [5.41, 5.74) is 0. The summed E-state index contributed by atoms with van der Waals surface area (Å²) in [5.74, 6) is 0.766. The minimum Gasteiger partial charge on any atom is -0.302 e. The Morgan fingerprint density at radius 3 is 2.69 bits per heavy atom. The van der Waals surface area contributed by atoms with Crippen molar-refractivity contribution in [1.82, 2.24) is 4.90 Å². The van der Waals surface area contributed by atoms with Gasteiger partial charge < -0.3 is 4.90 Å². The average Bonchev–Trinajstić information content (AvgIpc) is 2.18. The third-order valence-electron chi connectivity index (χ3n) is 3.09. The Morgan fingerprint density at radius 1 is 1.44 bits per heavy atom. The molecule has 1 aliphatic rings. The SMILES string of the molecule is CCC1CN(CCCS(C)(=O)=O)CCC1=O. The topological polar surface area (TPSA) is 54.5 Å². The molecule has 1 fully saturated rings. The Morgan fingerprint density at radius 2 is 2.12 bits per heavy atom. The molecule has 0 spiro atoms. The standard InChI is InChI=1S/C11H21NO3S/c1-3-10-9-12(7-5-11(10)13)6-4-8-16(2,14)15/h10H,3-9H2,1-2H3. The van der Waals surface area contributed by atoms with Crippen LogP contribution < -0.4 is 0 Å². The molecule has 4 nitrogen and oxygen atoms in total. The summed E-state index contributed by atoms with van der Waals surface area (Å²) in [7, 11) is -2.85. The highest BCUT2D eigenvalue weighted by molar-refractivity contribution is 7.90. The van der Waals surface area contributed by atoms with Gasteiger partial charge in [-0.1, -0.05) is 6.92 Å². The van der Waals surface area contributed by atoms with Crippen molar-refractivity contribution in [3.63, 3.8) is 0 Å². The molecule has 1 unspecified atom stereocenters. The van der Waals surface area contributed by atoms with E-state index in [4.69, 9.17) is 0 Å². The van der Waals surface area contributed by atoms with Crippen LogP contribution in [0.1, 0.15) is 26.2 Å². The van der Waals surface area contributed by atoms with Crippen LogP contribution in [0.2, 0.25) is 0 Å². The smallest absolute Gasteiger partial charge is 0.147 e. The first kappa shape index (κ1) is 13.6. The molecule has 5 heteroatoms. The van der Waals surface area contributed by atoms with E-state index in [1.54, 1.807) is 0 Å². The van der Waals surface area contributed by atoms with Crippen LogP contribution in [-0.4, -0.2) is 50.7 Å². The molecule has 0 aromatic rings. The van der Waals surface area contributed by atoms with E-state index in [2.05, 4.69) is 4.90 Å². The molecule has 0 N–H and O–H groups in total. The molecular weight excluding hydrogens is 226 g/mol. The lowest BCUT2D eigenvalue weighted by Gasteiger charge is -2.31. The van der Waals surface area contributed by atoms with E-state index in [-0.39, 0.29) is 11.7 Å². The van der Waals surface area contributed by atoms with Gasteiger partial charge in [0, 0.05) is 31.7 Å². The number of nitrogens with zero attached hydrogens (tertiary/aromatic N) is 1. The lowest BCUT2D eigenvalue weighted by atomic mass is 9.94. The van der Waals surface area contributed by atoms with Crippen LogP contribution in [-0.2, 0) is 14.6 Å². The first-order valence-corrected chi connectivity index (χ1v) is 7.91. The number of likely N-dealkylation sites (tertiary alicyclic amines) is 1. The van der Waals surface area contributed by atoms with Crippen LogP contribution >= 0.6 is 0 Å². The van der Waals surface area contributed by atoms with Gasteiger partial charge in [-0.3, -0.25) is 4.79 Å². The fourth-order valence-electron chi connectivity index (χ4n) is 2.09. The van der Waals surface area contributed by atoms with E-state index in [0.717, 1.165) is 26.1 Å². The van der Waals surface area contributed by atoms with Gasteiger partial charge >= 0.3 is 0 Å². The molecule has 1 atom stereocenters. The lowest BCUT2D eigenvalue weighted by Crippen LogP contribution is -2.41. The Balaban J connectivity index is 2.31. The molecule has 94 valence electrons. The number of carbonyl (C=O) groups excluding carboxylic acids is 1. The van der Waals surface area contributed by atoms with Crippen LogP contribution in [0.4, 0.5) is 0 Å². The van der Waals surface area contributed by atoms with Crippen molar-refractivity contribution in [2.75, 3.05) is 31.6 Å². The monoisotopic (exact) mass is 247 g/mol. The molecule has 0 radical (unpaired) electrons. The molecule has 0 aromatic heterocycles. The number of piperidine rings is 1. The third kappa shape index (κ3) is 4.61. The summed E-state index contributed by atoms with van der Waals surface area (Å²) < 4.78 is 21.9. The molecule has 1 saturated heterocycles. The second-order valence-electron chi connectivity index (χ2n) is 4.61. The van der Waals surface area contributed by atoms with Crippen molar-refractivity contribution in [2.24, 2.45) is 5.92 Å². The van der Waals surface area contributed by atoms with Gasteiger partial charge in [-0.25, -0.2) is 8.42 Å². The first-order valence-electron chi connectivity index (χ1n) is 5.85. The summed E-state index contributed by atoms with van der Waals surface area (Å²) in [6, 6.07) is 0. The van der Waals surface area contributed by atoms with Gasteiger partial charge in [-0.05, 0) is 19.4 Å².